The topological polar surface area (TPSA) is 149 Å². The normalized spacial score (nSPS) is 20.6. The molecule has 2 saturated heterocycles. The van der Waals surface area contributed by atoms with Gasteiger partial charge >= 0.3 is 7.12 Å². The van der Waals surface area contributed by atoms with Crippen molar-refractivity contribution < 1.29 is 38.3 Å². The second kappa shape index (κ2) is 16.3. The number of nitrogens with one attached hydrogen (secondary N) is 2. The lowest BCUT2D eigenvalue weighted by molar-refractivity contribution is -0.144. The number of β-amino-alcohol motifs (C(OH)–C–C–N with tert-alkyl or cyclic N) is 1. The van der Waals surface area contributed by atoms with E-state index >= 15 is 0 Å². The first-order valence-corrected chi connectivity index (χ1v) is 19.0. The van der Waals surface area contributed by atoms with Gasteiger partial charge in [-0.05, 0) is 75.7 Å². The van der Waals surface area contributed by atoms with E-state index in [1.165, 1.54) is 4.90 Å². The standard InChI is InChI=1S/C39H53BN4O8S/c1-24(26-10-12-27(13-11-26)33-25(2)41-23-53-33)42-35(47)31-20-29(45)21-44(31)36(48)34(37(3,4)5)43-32(46)22-49-18-19-50-30-16-14-28(15-17-30)40-51-38(6,7)39(8,9)52-40/h10-17,23-24,29,31,34,45H,18-22H2,1-9H3,(H,42,47)(H,43,46)/t24-,29-,31+,34?/m0/s1. The fourth-order valence-electron chi connectivity index (χ4n) is 6.30. The molecule has 12 nitrogen and oxygen atoms in total. The second-order valence-corrected chi connectivity index (χ2v) is 16.8. The predicted octanol–water partition coefficient (Wildman–Crippen LogP) is 4.18. The molecule has 2 aliphatic rings. The van der Waals surface area contributed by atoms with Crippen LogP contribution >= 0.6 is 11.3 Å². The van der Waals surface area contributed by atoms with Gasteiger partial charge in [0.05, 0.1) is 46.0 Å². The highest BCUT2D eigenvalue weighted by atomic mass is 32.1. The summed E-state index contributed by atoms with van der Waals surface area (Å²) in [5, 5.41) is 16.4. The van der Waals surface area contributed by atoms with Gasteiger partial charge in [-0.3, -0.25) is 14.4 Å². The van der Waals surface area contributed by atoms with Gasteiger partial charge in [-0.2, -0.15) is 0 Å². The Morgan fingerprint density at radius 1 is 1.02 bits per heavy atom. The molecule has 0 bridgehead atoms. The molecule has 0 aliphatic carbocycles. The number of thiazole rings is 1. The summed E-state index contributed by atoms with van der Waals surface area (Å²) >= 11 is 1.58. The molecule has 286 valence electrons. The van der Waals surface area contributed by atoms with Crippen LogP contribution in [0.3, 0.4) is 0 Å². The van der Waals surface area contributed by atoms with Crippen molar-refractivity contribution in [2.75, 3.05) is 26.4 Å². The molecule has 4 atom stereocenters. The minimum absolute atomic E-state index is 0.0118. The van der Waals surface area contributed by atoms with E-state index in [0.29, 0.717) is 5.75 Å². The molecule has 0 radical (unpaired) electrons. The molecule has 0 saturated carbocycles. The summed E-state index contributed by atoms with van der Waals surface area (Å²) in [6.07, 6.45) is -0.769. The third-order valence-electron chi connectivity index (χ3n) is 10.2. The molecule has 2 aliphatic heterocycles. The van der Waals surface area contributed by atoms with Gasteiger partial charge in [0.15, 0.2) is 0 Å². The van der Waals surface area contributed by atoms with E-state index in [-0.39, 0.29) is 44.7 Å². The number of aromatic nitrogens is 1. The molecule has 14 heteroatoms. The molecule has 2 aromatic carbocycles. The molecule has 2 fully saturated rings. The first-order chi connectivity index (χ1) is 24.9. The first kappa shape index (κ1) is 40.4. The van der Waals surface area contributed by atoms with Gasteiger partial charge in [0, 0.05) is 13.0 Å². The van der Waals surface area contributed by atoms with Crippen LogP contribution in [0.2, 0.25) is 0 Å². The van der Waals surface area contributed by atoms with Crippen LogP contribution in [-0.2, 0) is 28.4 Å². The van der Waals surface area contributed by atoms with Crippen molar-refractivity contribution >= 4 is 41.6 Å². The van der Waals surface area contributed by atoms with Crippen LogP contribution in [0.25, 0.3) is 10.4 Å². The van der Waals surface area contributed by atoms with Crippen LogP contribution in [-0.4, -0.2) is 95.6 Å². The van der Waals surface area contributed by atoms with Gasteiger partial charge < -0.3 is 39.4 Å². The van der Waals surface area contributed by atoms with E-state index in [0.717, 1.165) is 27.2 Å². The second-order valence-electron chi connectivity index (χ2n) is 15.9. The van der Waals surface area contributed by atoms with Crippen molar-refractivity contribution in [1.29, 1.82) is 0 Å². The molecule has 1 aromatic heterocycles. The van der Waals surface area contributed by atoms with Gasteiger partial charge in [-0.15, -0.1) is 11.3 Å². The van der Waals surface area contributed by atoms with Gasteiger partial charge in [0.25, 0.3) is 0 Å². The number of benzene rings is 2. The lowest BCUT2D eigenvalue weighted by Crippen LogP contribution is -2.58. The van der Waals surface area contributed by atoms with Gasteiger partial charge in [-0.25, -0.2) is 4.98 Å². The Bertz CT molecular complexity index is 1720. The van der Waals surface area contributed by atoms with E-state index < -0.39 is 53.7 Å². The van der Waals surface area contributed by atoms with Gasteiger partial charge in [-0.1, -0.05) is 57.2 Å². The van der Waals surface area contributed by atoms with E-state index in [4.69, 9.17) is 18.8 Å². The van der Waals surface area contributed by atoms with E-state index in [9.17, 15) is 19.5 Å². The fourth-order valence-corrected chi connectivity index (χ4v) is 7.11. The number of hydrogen-bond donors (Lipinski definition) is 3. The molecule has 5 rings (SSSR count). The smallest absolute Gasteiger partial charge is 0.491 e. The number of nitrogens with zero attached hydrogens (tertiary/aromatic N) is 2. The highest BCUT2D eigenvalue weighted by Gasteiger charge is 2.51. The van der Waals surface area contributed by atoms with Crippen LogP contribution in [0.15, 0.2) is 54.0 Å². The zero-order chi connectivity index (χ0) is 38.7. The number of hydrogen-bond acceptors (Lipinski definition) is 10. The molecule has 0 spiro atoms. The average molecular weight is 749 g/mol. The number of aliphatic hydroxyl groups excluding tert-OH is 1. The van der Waals surface area contributed by atoms with Gasteiger partial charge in [0.2, 0.25) is 17.7 Å². The molecule has 3 amide bonds. The molecule has 1 unspecified atom stereocenters. The third kappa shape index (κ3) is 9.65. The summed E-state index contributed by atoms with van der Waals surface area (Å²) in [7, 11) is -0.463. The molecule has 3 N–H and O–H groups in total. The van der Waals surface area contributed by atoms with Crippen molar-refractivity contribution in [3.63, 3.8) is 0 Å². The summed E-state index contributed by atoms with van der Waals surface area (Å²) in [5.74, 6) is -0.643. The van der Waals surface area contributed by atoms with Crippen molar-refractivity contribution in [3.8, 4) is 16.2 Å². The minimum Gasteiger partial charge on any atom is -0.491 e. The highest BCUT2D eigenvalue weighted by molar-refractivity contribution is 7.13. The lowest BCUT2D eigenvalue weighted by atomic mass is 9.79. The number of carbonyl (C=O) groups is 3. The summed E-state index contributed by atoms with van der Waals surface area (Å²) in [4.78, 5) is 47.3. The number of likely N-dealkylation sites (tertiary alicyclic amines) is 1. The zero-order valence-electron chi connectivity index (χ0n) is 32.2. The third-order valence-corrected chi connectivity index (χ3v) is 11.2. The van der Waals surface area contributed by atoms with Crippen LogP contribution in [0, 0.1) is 12.3 Å². The SMILES string of the molecule is Cc1ncsc1-c1ccc([C@H](C)NC(=O)[C@H]2C[C@H](O)CN2C(=O)C(NC(=O)COCCOc2ccc(B3OC(C)(C)C(C)(C)O3)cc2)C(C)(C)C)cc1. The Labute approximate surface area is 317 Å². The minimum atomic E-state index is -0.960. The van der Waals surface area contributed by atoms with E-state index in [1.807, 2.05) is 116 Å². The Kier molecular flexibility index (Phi) is 12.4. The number of amides is 3. The summed E-state index contributed by atoms with van der Waals surface area (Å²) < 4.78 is 23.6. The Balaban J connectivity index is 1.10. The van der Waals surface area contributed by atoms with Crippen molar-refractivity contribution in [3.05, 3.63) is 65.3 Å². The molecular formula is C39H53BN4O8S. The Morgan fingerprint density at radius 2 is 1.66 bits per heavy atom. The first-order valence-electron chi connectivity index (χ1n) is 18.1. The van der Waals surface area contributed by atoms with Crippen molar-refractivity contribution in [2.24, 2.45) is 5.41 Å². The molecule has 3 aromatic rings. The maximum Gasteiger partial charge on any atom is 0.494 e. The summed E-state index contributed by atoms with van der Waals surface area (Å²) in [5.41, 5.74) is 4.08. The summed E-state index contributed by atoms with van der Waals surface area (Å²) in [6, 6.07) is 13.2. The predicted molar refractivity (Wildman–Crippen MR) is 205 cm³/mol. The fraction of sp³-hybridized carbons (Fsp3) is 0.538. The number of aryl methyl sites for hydroxylation is 1. The Morgan fingerprint density at radius 3 is 2.25 bits per heavy atom. The van der Waals surface area contributed by atoms with Crippen molar-refractivity contribution in [1.82, 2.24) is 20.5 Å². The van der Waals surface area contributed by atoms with E-state index in [2.05, 4.69) is 15.6 Å². The van der Waals surface area contributed by atoms with Crippen LogP contribution < -0.4 is 20.8 Å². The lowest BCUT2D eigenvalue weighted by Gasteiger charge is -2.35. The maximum atomic E-state index is 14.0. The van der Waals surface area contributed by atoms with Crippen molar-refractivity contribution in [2.45, 2.75) is 104 Å². The molecule has 53 heavy (non-hydrogen) atoms. The van der Waals surface area contributed by atoms with Crippen LogP contribution in [0.5, 0.6) is 5.75 Å². The number of rotatable bonds is 13. The Hall–Kier alpha value is -3.82. The van der Waals surface area contributed by atoms with Crippen LogP contribution in [0.1, 0.15) is 79.1 Å². The number of aliphatic hydroxyl groups is 1. The van der Waals surface area contributed by atoms with Gasteiger partial charge in [0.1, 0.15) is 31.0 Å². The highest BCUT2D eigenvalue weighted by Crippen LogP contribution is 2.36. The maximum absolute atomic E-state index is 14.0. The zero-order valence-corrected chi connectivity index (χ0v) is 33.0. The number of ether oxygens (including phenoxy) is 2. The van der Waals surface area contributed by atoms with Crippen LogP contribution in [0.4, 0.5) is 0 Å². The molecular weight excluding hydrogens is 695 g/mol. The summed E-state index contributed by atoms with van der Waals surface area (Å²) in [6.45, 7) is 17.5. The average Bonchev–Trinajstić information content (AvgIpc) is 3.76. The number of carbonyl (C=O) groups excluding carboxylic acids is 3. The molecule has 3 heterocycles. The largest absolute Gasteiger partial charge is 0.494 e. The van der Waals surface area contributed by atoms with E-state index in [1.54, 1.807) is 11.3 Å². The quantitative estimate of drug-likeness (QED) is 0.173. The monoisotopic (exact) mass is 748 g/mol.